The maximum atomic E-state index is 12.4. The summed E-state index contributed by atoms with van der Waals surface area (Å²) in [5, 5.41) is 7.22. The third-order valence-corrected chi connectivity index (χ3v) is 6.31. The Labute approximate surface area is 175 Å². The second kappa shape index (κ2) is 7.81. The first kappa shape index (κ1) is 19.9. The van der Waals surface area contributed by atoms with E-state index in [0.29, 0.717) is 21.0 Å². The van der Waals surface area contributed by atoms with Gasteiger partial charge in [0.05, 0.1) is 20.8 Å². The van der Waals surface area contributed by atoms with Crippen LogP contribution in [0.15, 0.2) is 70.4 Å². The van der Waals surface area contributed by atoms with Crippen LogP contribution in [0, 0.1) is 0 Å². The minimum absolute atomic E-state index is 0.185. The van der Waals surface area contributed by atoms with Crippen LogP contribution >= 0.6 is 11.3 Å². The monoisotopic (exact) mass is 440 g/mol. The molecular formula is C20H16N4O4S2. The SMILES string of the molecule is CS(=O)(=O)c1ccc2nc(NC(=O)Cn3nc(-c4ccccc4)ccc3=O)sc2c1. The molecule has 0 unspecified atom stereocenters. The van der Waals surface area contributed by atoms with Crippen LogP contribution in [0.5, 0.6) is 0 Å². The van der Waals surface area contributed by atoms with Gasteiger partial charge in [-0.25, -0.2) is 18.1 Å². The van der Waals surface area contributed by atoms with Crippen LogP contribution in [0.25, 0.3) is 21.5 Å². The quantitative estimate of drug-likeness (QED) is 0.511. The Kier molecular flexibility index (Phi) is 5.18. The predicted molar refractivity (Wildman–Crippen MR) is 115 cm³/mol. The van der Waals surface area contributed by atoms with E-state index in [2.05, 4.69) is 15.4 Å². The van der Waals surface area contributed by atoms with E-state index >= 15 is 0 Å². The van der Waals surface area contributed by atoms with Gasteiger partial charge in [-0.1, -0.05) is 41.7 Å². The number of nitrogens with zero attached hydrogens (tertiary/aromatic N) is 3. The zero-order chi connectivity index (χ0) is 21.3. The first-order valence-corrected chi connectivity index (χ1v) is 11.5. The lowest BCUT2D eigenvalue weighted by Crippen LogP contribution is -2.29. The Morgan fingerprint density at radius 2 is 1.87 bits per heavy atom. The molecule has 0 saturated heterocycles. The first-order chi connectivity index (χ1) is 14.3. The largest absolute Gasteiger partial charge is 0.300 e. The average molecular weight is 441 g/mol. The molecular weight excluding hydrogens is 424 g/mol. The molecule has 0 atom stereocenters. The fourth-order valence-corrected chi connectivity index (χ4v) is 4.45. The van der Waals surface area contributed by atoms with Crippen molar-refractivity contribution in [2.75, 3.05) is 11.6 Å². The Bertz CT molecular complexity index is 1410. The van der Waals surface area contributed by atoms with Crippen molar-refractivity contribution in [1.29, 1.82) is 0 Å². The number of carbonyl (C=O) groups excluding carboxylic acids is 1. The fourth-order valence-electron chi connectivity index (χ4n) is 2.81. The second-order valence-corrected chi connectivity index (χ2v) is 9.60. The summed E-state index contributed by atoms with van der Waals surface area (Å²) in [7, 11) is -3.34. The molecule has 0 fully saturated rings. The highest BCUT2D eigenvalue weighted by Gasteiger charge is 2.13. The lowest BCUT2D eigenvalue weighted by Gasteiger charge is -2.07. The molecule has 2 aromatic heterocycles. The number of rotatable bonds is 5. The third kappa shape index (κ3) is 4.29. The Morgan fingerprint density at radius 3 is 2.60 bits per heavy atom. The zero-order valence-corrected chi connectivity index (χ0v) is 17.4. The van der Waals surface area contributed by atoms with Gasteiger partial charge in [-0.15, -0.1) is 0 Å². The third-order valence-electron chi connectivity index (χ3n) is 4.26. The summed E-state index contributed by atoms with van der Waals surface area (Å²) < 4.78 is 25.1. The van der Waals surface area contributed by atoms with Gasteiger partial charge in [-0.3, -0.25) is 9.59 Å². The molecule has 0 radical (unpaired) electrons. The molecule has 0 aliphatic carbocycles. The van der Waals surface area contributed by atoms with Crippen molar-refractivity contribution in [1.82, 2.24) is 14.8 Å². The number of sulfone groups is 1. The number of hydrogen-bond acceptors (Lipinski definition) is 7. The predicted octanol–water partition coefficient (Wildman–Crippen LogP) is 2.56. The number of thiazole rings is 1. The summed E-state index contributed by atoms with van der Waals surface area (Å²) in [6.07, 6.45) is 1.13. The fraction of sp³-hybridized carbons (Fsp3) is 0.100. The van der Waals surface area contributed by atoms with Crippen molar-refractivity contribution in [3.05, 3.63) is 71.0 Å². The van der Waals surface area contributed by atoms with Crippen molar-refractivity contribution in [3.8, 4) is 11.3 Å². The standard InChI is InChI=1S/C20H16N4O4S2/c1-30(27,28)14-7-8-16-17(11-14)29-20(21-16)22-18(25)12-24-19(26)10-9-15(23-24)13-5-3-2-4-6-13/h2-11H,12H2,1H3,(H,21,22,25). The molecule has 0 spiro atoms. The van der Waals surface area contributed by atoms with Crippen LogP contribution in [0.2, 0.25) is 0 Å². The molecule has 1 N–H and O–H groups in total. The maximum Gasteiger partial charge on any atom is 0.267 e. The Morgan fingerprint density at radius 1 is 1.10 bits per heavy atom. The minimum Gasteiger partial charge on any atom is -0.300 e. The molecule has 0 bridgehead atoms. The number of nitrogens with one attached hydrogen (secondary N) is 1. The van der Waals surface area contributed by atoms with Crippen molar-refractivity contribution in [2.45, 2.75) is 11.4 Å². The normalized spacial score (nSPS) is 11.5. The highest BCUT2D eigenvalue weighted by Crippen LogP contribution is 2.28. The highest BCUT2D eigenvalue weighted by atomic mass is 32.2. The molecule has 0 aliphatic heterocycles. The van der Waals surface area contributed by atoms with E-state index in [1.807, 2.05) is 30.3 Å². The lowest BCUT2D eigenvalue weighted by atomic mass is 10.1. The van der Waals surface area contributed by atoms with Crippen LogP contribution in [0.3, 0.4) is 0 Å². The molecule has 2 aromatic carbocycles. The van der Waals surface area contributed by atoms with Crippen LogP contribution < -0.4 is 10.9 Å². The van der Waals surface area contributed by atoms with Crippen LogP contribution in [0.4, 0.5) is 5.13 Å². The molecule has 2 heterocycles. The molecule has 4 aromatic rings. The van der Waals surface area contributed by atoms with Crippen molar-refractivity contribution < 1.29 is 13.2 Å². The van der Waals surface area contributed by atoms with Crippen LogP contribution in [0.1, 0.15) is 0 Å². The number of aromatic nitrogens is 3. The highest BCUT2D eigenvalue weighted by molar-refractivity contribution is 7.90. The second-order valence-electron chi connectivity index (χ2n) is 6.55. The number of anilines is 1. The number of amides is 1. The molecule has 4 rings (SSSR count). The molecule has 30 heavy (non-hydrogen) atoms. The van der Waals surface area contributed by atoms with Gasteiger partial charge in [-0.2, -0.15) is 5.10 Å². The summed E-state index contributed by atoms with van der Waals surface area (Å²) in [6.45, 7) is -0.274. The Balaban J connectivity index is 1.54. The average Bonchev–Trinajstić information content (AvgIpc) is 3.11. The minimum atomic E-state index is -3.34. The molecule has 0 saturated carbocycles. The summed E-state index contributed by atoms with van der Waals surface area (Å²) in [4.78, 5) is 29.0. The van der Waals surface area contributed by atoms with Gasteiger partial charge in [0.2, 0.25) is 5.91 Å². The summed E-state index contributed by atoms with van der Waals surface area (Å²) in [5.41, 5.74) is 1.59. The van der Waals surface area contributed by atoms with Gasteiger partial charge in [0, 0.05) is 17.9 Å². The van der Waals surface area contributed by atoms with E-state index in [0.717, 1.165) is 27.8 Å². The molecule has 8 nitrogen and oxygen atoms in total. The number of hydrogen-bond donors (Lipinski definition) is 1. The van der Waals surface area contributed by atoms with Gasteiger partial charge in [-0.05, 0) is 24.3 Å². The van der Waals surface area contributed by atoms with Crippen molar-refractivity contribution >= 4 is 42.4 Å². The molecule has 152 valence electrons. The number of fused-ring (bicyclic) bond motifs is 1. The van der Waals surface area contributed by atoms with E-state index < -0.39 is 21.3 Å². The molecule has 0 aliphatic rings. The smallest absolute Gasteiger partial charge is 0.267 e. The van der Waals surface area contributed by atoms with Crippen molar-refractivity contribution in [3.63, 3.8) is 0 Å². The van der Waals surface area contributed by atoms with E-state index in [9.17, 15) is 18.0 Å². The lowest BCUT2D eigenvalue weighted by molar-refractivity contribution is -0.117. The van der Waals surface area contributed by atoms with Crippen LogP contribution in [-0.4, -0.2) is 35.3 Å². The maximum absolute atomic E-state index is 12.4. The van der Waals surface area contributed by atoms with Gasteiger partial charge in [0.25, 0.3) is 5.56 Å². The number of benzene rings is 2. The molecule has 10 heteroatoms. The van der Waals surface area contributed by atoms with E-state index in [1.54, 1.807) is 12.1 Å². The summed E-state index contributed by atoms with van der Waals surface area (Å²) >= 11 is 1.16. The zero-order valence-electron chi connectivity index (χ0n) is 15.8. The number of carbonyl (C=O) groups is 1. The van der Waals surface area contributed by atoms with E-state index in [4.69, 9.17) is 0 Å². The van der Waals surface area contributed by atoms with Gasteiger partial charge in [0.15, 0.2) is 15.0 Å². The van der Waals surface area contributed by atoms with Crippen molar-refractivity contribution in [2.24, 2.45) is 0 Å². The van der Waals surface area contributed by atoms with Gasteiger partial charge >= 0.3 is 0 Å². The van der Waals surface area contributed by atoms with E-state index in [1.165, 1.54) is 18.2 Å². The van der Waals surface area contributed by atoms with Gasteiger partial charge in [0.1, 0.15) is 6.54 Å². The van der Waals surface area contributed by atoms with Gasteiger partial charge < -0.3 is 5.32 Å². The Hall–Kier alpha value is -3.37. The topological polar surface area (TPSA) is 111 Å². The first-order valence-electron chi connectivity index (χ1n) is 8.84. The van der Waals surface area contributed by atoms with Crippen LogP contribution in [-0.2, 0) is 21.2 Å². The molecule has 1 amide bonds. The summed E-state index contributed by atoms with van der Waals surface area (Å²) in [6, 6.07) is 16.9. The summed E-state index contributed by atoms with van der Waals surface area (Å²) in [5.74, 6) is -0.461. The van der Waals surface area contributed by atoms with E-state index in [-0.39, 0.29) is 11.4 Å².